The molecule has 0 amide bonds. The topological polar surface area (TPSA) is 74.1 Å². The summed E-state index contributed by atoms with van der Waals surface area (Å²) in [6.45, 7) is 0.424. The van der Waals surface area contributed by atoms with Gasteiger partial charge in [0.05, 0.1) is 23.6 Å². The number of nitrogens with zero attached hydrogens (tertiary/aromatic N) is 3. The van der Waals surface area contributed by atoms with E-state index in [0.717, 1.165) is 27.6 Å². The van der Waals surface area contributed by atoms with Crippen LogP contribution in [0.4, 0.5) is 0 Å². The van der Waals surface area contributed by atoms with Gasteiger partial charge in [-0.05, 0) is 36.9 Å². The summed E-state index contributed by atoms with van der Waals surface area (Å²) in [5.74, 6) is 2.14. The fraction of sp³-hybridized carbons (Fsp3) is 0.333. The molecule has 0 spiro atoms. The first-order valence-electron chi connectivity index (χ1n) is 8.36. The Morgan fingerprint density at radius 1 is 1.31 bits per heavy atom. The summed E-state index contributed by atoms with van der Waals surface area (Å²) in [4.78, 5) is 8.76. The molecule has 0 radical (unpaired) electrons. The summed E-state index contributed by atoms with van der Waals surface area (Å²) < 4.78 is 31.2. The van der Waals surface area contributed by atoms with Crippen LogP contribution in [0.3, 0.4) is 0 Å². The first kappa shape index (κ1) is 17.4. The predicted octanol–water partition coefficient (Wildman–Crippen LogP) is 2.96. The molecule has 1 aromatic carbocycles. The van der Waals surface area contributed by atoms with Gasteiger partial charge >= 0.3 is 0 Å². The molecule has 6 nitrogen and oxygen atoms in total. The van der Waals surface area contributed by atoms with Gasteiger partial charge in [-0.1, -0.05) is 17.8 Å². The highest BCUT2D eigenvalue weighted by Gasteiger charge is 2.28. The molecule has 0 N–H and O–H groups in total. The molecule has 4 rings (SSSR count). The Labute approximate surface area is 156 Å². The molecular formula is C18H19N3O3S2. The molecule has 2 aromatic heterocycles. The lowest BCUT2D eigenvalue weighted by Crippen LogP contribution is -2.13. The summed E-state index contributed by atoms with van der Waals surface area (Å²) in [5.41, 5.74) is 0.993. The Bertz CT molecular complexity index is 1050. The quantitative estimate of drug-likeness (QED) is 0.493. The van der Waals surface area contributed by atoms with Crippen molar-refractivity contribution in [2.75, 3.05) is 24.4 Å². The number of hydrogen-bond donors (Lipinski definition) is 0. The zero-order valence-electron chi connectivity index (χ0n) is 14.3. The maximum atomic E-state index is 11.6. The van der Waals surface area contributed by atoms with Crippen LogP contribution in [0.1, 0.15) is 6.42 Å². The molecule has 1 atom stereocenters. The molecule has 8 heteroatoms. The minimum absolute atomic E-state index is 0.0725. The van der Waals surface area contributed by atoms with Crippen LogP contribution in [0.2, 0.25) is 0 Å². The maximum absolute atomic E-state index is 11.6. The average molecular weight is 390 g/mol. The molecule has 1 fully saturated rings. The van der Waals surface area contributed by atoms with Crippen LogP contribution in [-0.4, -0.2) is 47.3 Å². The highest BCUT2D eigenvalue weighted by atomic mass is 32.2. The molecule has 1 unspecified atom stereocenters. The number of thioether (sulfide) groups is 1. The van der Waals surface area contributed by atoms with E-state index in [4.69, 9.17) is 4.74 Å². The summed E-state index contributed by atoms with van der Waals surface area (Å²) >= 11 is 1.50. The summed E-state index contributed by atoms with van der Waals surface area (Å²) in [6, 6.07) is 9.75. The molecule has 1 aliphatic heterocycles. The first-order chi connectivity index (χ1) is 12.6. The third-order valence-electron chi connectivity index (χ3n) is 4.54. The molecular weight excluding hydrogens is 370 g/mol. The molecule has 0 aliphatic carbocycles. The van der Waals surface area contributed by atoms with Gasteiger partial charge in [0.15, 0.2) is 15.0 Å². The predicted molar refractivity (Wildman–Crippen MR) is 103 cm³/mol. The van der Waals surface area contributed by atoms with Crippen LogP contribution in [0.25, 0.3) is 16.7 Å². The first-order valence-corrected chi connectivity index (χ1v) is 11.4. The van der Waals surface area contributed by atoms with Crippen molar-refractivity contribution in [3.63, 3.8) is 0 Å². The molecule has 0 saturated carbocycles. The number of sulfone groups is 1. The van der Waals surface area contributed by atoms with Gasteiger partial charge in [0, 0.05) is 23.7 Å². The Morgan fingerprint density at radius 3 is 2.96 bits per heavy atom. The van der Waals surface area contributed by atoms with Crippen molar-refractivity contribution in [2.24, 2.45) is 5.92 Å². The van der Waals surface area contributed by atoms with E-state index in [1.165, 1.54) is 11.8 Å². The highest BCUT2D eigenvalue weighted by Crippen LogP contribution is 2.29. The summed E-state index contributed by atoms with van der Waals surface area (Å²) in [5, 5.41) is 1.71. The van der Waals surface area contributed by atoms with Crippen molar-refractivity contribution in [1.82, 2.24) is 14.5 Å². The van der Waals surface area contributed by atoms with Crippen molar-refractivity contribution in [2.45, 2.75) is 11.6 Å². The molecule has 1 aliphatic rings. The molecule has 0 bridgehead atoms. The van der Waals surface area contributed by atoms with Gasteiger partial charge in [-0.2, -0.15) is 0 Å². The van der Waals surface area contributed by atoms with E-state index in [0.29, 0.717) is 13.0 Å². The SMILES string of the molecule is CSc1nccc(-n2ccc3c(OCC4CCS(=O)(=O)C4)cccc32)n1. The Hall–Kier alpha value is -2.06. The van der Waals surface area contributed by atoms with E-state index < -0.39 is 9.84 Å². The lowest BCUT2D eigenvalue weighted by atomic mass is 10.1. The second-order valence-electron chi connectivity index (χ2n) is 6.36. The molecule has 26 heavy (non-hydrogen) atoms. The van der Waals surface area contributed by atoms with Gasteiger partial charge in [0.25, 0.3) is 0 Å². The normalized spacial score (nSPS) is 19.0. The van der Waals surface area contributed by atoms with E-state index >= 15 is 0 Å². The van der Waals surface area contributed by atoms with Gasteiger partial charge < -0.3 is 9.30 Å². The van der Waals surface area contributed by atoms with Crippen LogP contribution in [0.15, 0.2) is 47.9 Å². The standard InChI is InChI=1S/C18H19N3O3S2/c1-25-18-19-8-5-17(20-18)21-9-6-14-15(21)3-2-4-16(14)24-11-13-7-10-26(22,23)12-13/h2-6,8-9,13H,7,10-12H2,1H3. The van der Waals surface area contributed by atoms with Crippen LogP contribution in [0, 0.1) is 5.92 Å². The number of fused-ring (bicyclic) bond motifs is 1. The van der Waals surface area contributed by atoms with Gasteiger partial charge in [-0.25, -0.2) is 18.4 Å². The highest BCUT2D eigenvalue weighted by molar-refractivity contribution is 7.98. The number of benzene rings is 1. The smallest absolute Gasteiger partial charge is 0.189 e. The van der Waals surface area contributed by atoms with Crippen molar-refractivity contribution in [3.8, 4) is 11.6 Å². The Balaban J connectivity index is 1.61. The maximum Gasteiger partial charge on any atom is 0.189 e. The van der Waals surface area contributed by atoms with Gasteiger partial charge in [0.2, 0.25) is 0 Å². The van der Waals surface area contributed by atoms with Gasteiger partial charge in [0.1, 0.15) is 11.6 Å². The molecule has 1 saturated heterocycles. The molecule has 3 aromatic rings. The fourth-order valence-electron chi connectivity index (χ4n) is 3.24. The fourth-order valence-corrected chi connectivity index (χ4v) is 5.43. The second kappa shape index (κ2) is 6.92. The third kappa shape index (κ3) is 3.43. The van der Waals surface area contributed by atoms with E-state index in [1.807, 2.05) is 47.4 Å². The number of hydrogen-bond acceptors (Lipinski definition) is 6. The van der Waals surface area contributed by atoms with Crippen LogP contribution in [0.5, 0.6) is 5.75 Å². The van der Waals surface area contributed by atoms with Crippen molar-refractivity contribution in [3.05, 3.63) is 42.7 Å². The number of aromatic nitrogens is 3. The molecule has 136 valence electrons. The zero-order chi connectivity index (χ0) is 18.1. The lowest BCUT2D eigenvalue weighted by molar-refractivity contribution is 0.266. The summed E-state index contributed by atoms with van der Waals surface area (Å²) in [6.07, 6.45) is 6.34. The average Bonchev–Trinajstić information content (AvgIpc) is 3.23. The largest absolute Gasteiger partial charge is 0.493 e. The Morgan fingerprint density at radius 2 is 2.19 bits per heavy atom. The second-order valence-corrected chi connectivity index (χ2v) is 9.36. The van der Waals surface area contributed by atoms with Crippen molar-refractivity contribution >= 4 is 32.5 Å². The van der Waals surface area contributed by atoms with E-state index in [9.17, 15) is 8.42 Å². The monoisotopic (exact) mass is 389 g/mol. The zero-order valence-corrected chi connectivity index (χ0v) is 16.0. The van der Waals surface area contributed by atoms with E-state index in [2.05, 4.69) is 9.97 Å². The van der Waals surface area contributed by atoms with Crippen LogP contribution >= 0.6 is 11.8 Å². The van der Waals surface area contributed by atoms with Crippen LogP contribution < -0.4 is 4.74 Å². The number of rotatable bonds is 5. The van der Waals surface area contributed by atoms with E-state index in [-0.39, 0.29) is 17.4 Å². The minimum atomic E-state index is -2.88. The van der Waals surface area contributed by atoms with Gasteiger partial charge in [-0.15, -0.1) is 0 Å². The number of ether oxygens (including phenoxy) is 1. The Kier molecular flexibility index (Phi) is 4.62. The van der Waals surface area contributed by atoms with Crippen LogP contribution in [-0.2, 0) is 9.84 Å². The lowest BCUT2D eigenvalue weighted by Gasteiger charge is -2.12. The minimum Gasteiger partial charge on any atom is -0.493 e. The molecule has 3 heterocycles. The van der Waals surface area contributed by atoms with Gasteiger partial charge in [-0.3, -0.25) is 0 Å². The van der Waals surface area contributed by atoms with Crippen molar-refractivity contribution < 1.29 is 13.2 Å². The third-order valence-corrected chi connectivity index (χ3v) is 6.94. The van der Waals surface area contributed by atoms with E-state index in [1.54, 1.807) is 6.20 Å². The summed E-state index contributed by atoms with van der Waals surface area (Å²) in [7, 11) is -2.88. The van der Waals surface area contributed by atoms with Crippen molar-refractivity contribution in [1.29, 1.82) is 0 Å².